The largest absolute Gasteiger partial charge is 0.350 e. The molecule has 0 aliphatic heterocycles. The van der Waals surface area contributed by atoms with Gasteiger partial charge in [0.05, 0.1) is 0 Å². The number of carbonyl (C=O) groups excluding carboxylic acids is 2. The van der Waals surface area contributed by atoms with Gasteiger partial charge in [-0.1, -0.05) is 0 Å². The lowest BCUT2D eigenvalue weighted by Gasteiger charge is -2.36. The molecule has 0 aliphatic carbocycles. The maximum Gasteiger partial charge on any atom is 0.253 e. The van der Waals surface area contributed by atoms with Crippen molar-refractivity contribution >= 4 is 11.8 Å². The van der Waals surface area contributed by atoms with Crippen LogP contribution in [0.5, 0.6) is 0 Å². The Bertz CT molecular complexity index is 277. The van der Waals surface area contributed by atoms with Gasteiger partial charge in [-0.05, 0) is 27.7 Å². The topological polar surface area (TPSA) is 49.9 Å². The molecule has 0 N–H and O–H groups in total. The van der Waals surface area contributed by atoms with Gasteiger partial charge in [0.25, 0.3) is 11.8 Å². The van der Waals surface area contributed by atoms with Crippen LogP contribution in [0.25, 0.3) is 0 Å². The lowest BCUT2D eigenvalue weighted by atomic mass is 10.0. The molecule has 0 heterocycles. The summed E-state index contributed by atoms with van der Waals surface area (Å²) >= 11 is 0. The van der Waals surface area contributed by atoms with E-state index >= 15 is 0 Å². The quantitative estimate of drug-likeness (QED) is 0.733. The fourth-order valence-corrected chi connectivity index (χ4v) is 1.80. The van der Waals surface area contributed by atoms with Crippen LogP contribution >= 0.6 is 0 Å². The molecule has 5 nitrogen and oxygen atoms in total. The van der Waals surface area contributed by atoms with Gasteiger partial charge in [0.15, 0.2) is 0 Å². The zero-order chi connectivity index (χ0) is 14.0. The van der Waals surface area contributed by atoms with E-state index in [1.165, 1.54) is 9.80 Å². The van der Waals surface area contributed by atoms with Gasteiger partial charge in [-0.3, -0.25) is 9.59 Å². The summed E-state index contributed by atoms with van der Waals surface area (Å²) in [6.45, 7) is 6.67. The summed E-state index contributed by atoms with van der Waals surface area (Å²) < 4.78 is 5.69. The Morgan fingerprint density at radius 3 is 1.18 bits per heavy atom. The first-order valence-electron chi connectivity index (χ1n) is 5.55. The Morgan fingerprint density at radius 2 is 1.00 bits per heavy atom. The Morgan fingerprint density at radius 1 is 0.765 bits per heavy atom. The molecule has 5 heteroatoms. The second-order valence-corrected chi connectivity index (χ2v) is 5.52. The lowest BCUT2D eigenvalue weighted by Crippen LogP contribution is -2.53. The maximum absolute atomic E-state index is 11.9. The van der Waals surface area contributed by atoms with Crippen LogP contribution in [0.4, 0.5) is 0 Å². The first-order chi connectivity index (χ1) is 7.42. The Hall–Kier alpha value is -1.10. The van der Waals surface area contributed by atoms with E-state index in [0.29, 0.717) is 0 Å². The SMILES string of the molecule is CN(C)C(=O)C(C)(C)OC(C)(C)C(=O)N(C)C. The summed E-state index contributed by atoms with van der Waals surface area (Å²) in [6, 6.07) is 0. The van der Waals surface area contributed by atoms with Crippen molar-refractivity contribution in [3.8, 4) is 0 Å². The fraction of sp³-hybridized carbons (Fsp3) is 0.833. The van der Waals surface area contributed by atoms with Crippen molar-refractivity contribution in [3.63, 3.8) is 0 Å². The van der Waals surface area contributed by atoms with E-state index in [4.69, 9.17) is 4.74 Å². The number of carbonyl (C=O) groups is 2. The van der Waals surface area contributed by atoms with Crippen LogP contribution < -0.4 is 0 Å². The van der Waals surface area contributed by atoms with E-state index in [0.717, 1.165) is 0 Å². The minimum absolute atomic E-state index is 0.169. The molecule has 0 aromatic carbocycles. The van der Waals surface area contributed by atoms with Gasteiger partial charge >= 0.3 is 0 Å². The standard InChI is InChI=1S/C12H24N2O3/c1-11(2,9(15)13(5)6)17-12(3,4)10(16)14(7)8/h1-8H3. The summed E-state index contributed by atoms with van der Waals surface area (Å²) in [5.41, 5.74) is -2.06. The number of ether oxygens (including phenoxy) is 1. The van der Waals surface area contributed by atoms with E-state index < -0.39 is 11.2 Å². The normalized spacial score (nSPS) is 12.2. The van der Waals surface area contributed by atoms with Gasteiger partial charge < -0.3 is 14.5 Å². The molecule has 0 radical (unpaired) electrons. The van der Waals surface area contributed by atoms with Gasteiger partial charge in [0.1, 0.15) is 11.2 Å². The maximum atomic E-state index is 11.9. The molecule has 2 amide bonds. The summed E-state index contributed by atoms with van der Waals surface area (Å²) in [6.07, 6.45) is 0. The Labute approximate surface area is 104 Å². The van der Waals surface area contributed by atoms with Crippen molar-refractivity contribution in [1.29, 1.82) is 0 Å². The molecule has 0 unspecified atom stereocenters. The number of amides is 2. The second kappa shape index (κ2) is 5.04. The average molecular weight is 244 g/mol. The summed E-state index contributed by atoms with van der Waals surface area (Å²) in [5, 5.41) is 0. The first kappa shape index (κ1) is 15.9. The molecule has 0 saturated carbocycles. The minimum Gasteiger partial charge on any atom is -0.350 e. The van der Waals surface area contributed by atoms with Gasteiger partial charge in [0.2, 0.25) is 0 Å². The van der Waals surface area contributed by atoms with Gasteiger partial charge in [-0.2, -0.15) is 0 Å². The average Bonchev–Trinajstić information content (AvgIpc) is 2.13. The molecule has 0 fully saturated rings. The third-order valence-corrected chi connectivity index (χ3v) is 2.35. The predicted molar refractivity (Wildman–Crippen MR) is 66.6 cm³/mol. The molecule has 0 bridgehead atoms. The highest BCUT2D eigenvalue weighted by atomic mass is 16.5. The van der Waals surface area contributed by atoms with Crippen molar-refractivity contribution in [1.82, 2.24) is 9.80 Å². The molecule has 100 valence electrons. The van der Waals surface area contributed by atoms with E-state index in [2.05, 4.69) is 0 Å². The van der Waals surface area contributed by atoms with Crippen LogP contribution in [-0.2, 0) is 14.3 Å². The highest BCUT2D eigenvalue weighted by Gasteiger charge is 2.40. The molecular formula is C12H24N2O3. The monoisotopic (exact) mass is 244 g/mol. The van der Waals surface area contributed by atoms with Crippen LogP contribution in [0, 0.1) is 0 Å². The molecule has 0 aliphatic rings. The van der Waals surface area contributed by atoms with Crippen molar-refractivity contribution in [2.45, 2.75) is 38.9 Å². The van der Waals surface area contributed by atoms with E-state index in [1.807, 2.05) is 0 Å². The highest BCUT2D eigenvalue weighted by Crippen LogP contribution is 2.23. The first-order valence-corrected chi connectivity index (χ1v) is 5.55. The second-order valence-electron chi connectivity index (χ2n) is 5.52. The fourth-order valence-electron chi connectivity index (χ4n) is 1.80. The van der Waals surface area contributed by atoms with Gasteiger partial charge in [-0.15, -0.1) is 0 Å². The third kappa shape index (κ3) is 4.00. The van der Waals surface area contributed by atoms with E-state index in [-0.39, 0.29) is 11.8 Å². The van der Waals surface area contributed by atoms with E-state index in [1.54, 1.807) is 55.9 Å². The van der Waals surface area contributed by atoms with Gasteiger partial charge in [0, 0.05) is 28.2 Å². The molecule has 0 rings (SSSR count). The highest BCUT2D eigenvalue weighted by molar-refractivity contribution is 5.87. The smallest absolute Gasteiger partial charge is 0.253 e. The molecule has 0 spiro atoms. The van der Waals surface area contributed by atoms with Crippen LogP contribution in [0.2, 0.25) is 0 Å². The van der Waals surface area contributed by atoms with Crippen LogP contribution in [0.1, 0.15) is 27.7 Å². The number of rotatable bonds is 4. The molecule has 0 atom stereocenters. The van der Waals surface area contributed by atoms with Crippen molar-refractivity contribution < 1.29 is 14.3 Å². The number of hydrogen-bond acceptors (Lipinski definition) is 3. The summed E-state index contributed by atoms with van der Waals surface area (Å²) in [5.74, 6) is -0.339. The summed E-state index contributed by atoms with van der Waals surface area (Å²) in [7, 11) is 6.64. The van der Waals surface area contributed by atoms with Crippen LogP contribution in [0.3, 0.4) is 0 Å². The number of likely N-dealkylation sites (N-methyl/N-ethyl adjacent to an activating group) is 2. The zero-order valence-electron chi connectivity index (χ0n) is 12.1. The van der Waals surface area contributed by atoms with Crippen molar-refractivity contribution in [2.75, 3.05) is 28.2 Å². The van der Waals surface area contributed by atoms with Crippen LogP contribution in [0.15, 0.2) is 0 Å². The van der Waals surface area contributed by atoms with Gasteiger partial charge in [-0.25, -0.2) is 0 Å². The number of nitrogens with zero attached hydrogens (tertiary/aromatic N) is 2. The van der Waals surface area contributed by atoms with E-state index in [9.17, 15) is 9.59 Å². The van der Waals surface area contributed by atoms with Crippen molar-refractivity contribution in [3.05, 3.63) is 0 Å². The molecule has 0 aromatic rings. The molecular weight excluding hydrogens is 220 g/mol. The summed E-state index contributed by atoms with van der Waals surface area (Å²) in [4.78, 5) is 26.7. The third-order valence-electron chi connectivity index (χ3n) is 2.35. The minimum atomic E-state index is -1.03. The van der Waals surface area contributed by atoms with Crippen molar-refractivity contribution in [2.24, 2.45) is 0 Å². The number of hydrogen-bond donors (Lipinski definition) is 0. The molecule has 0 saturated heterocycles. The van der Waals surface area contributed by atoms with Crippen LogP contribution in [-0.4, -0.2) is 61.0 Å². The Kier molecular flexibility index (Phi) is 4.71. The lowest BCUT2D eigenvalue weighted by molar-refractivity contribution is -0.182. The molecule has 17 heavy (non-hydrogen) atoms. The Balaban J connectivity index is 4.94. The molecule has 0 aromatic heterocycles. The zero-order valence-corrected chi connectivity index (χ0v) is 12.1. The predicted octanol–water partition coefficient (Wildman–Crippen LogP) is 0.737.